The van der Waals surface area contributed by atoms with Crippen molar-refractivity contribution >= 4 is 18.3 Å². The van der Waals surface area contributed by atoms with Gasteiger partial charge in [0.25, 0.3) is 5.91 Å². The number of H-pyrrole nitrogens is 1. The number of halogens is 1. The maximum atomic E-state index is 12.4. The van der Waals surface area contributed by atoms with Crippen LogP contribution in [0.3, 0.4) is 0 Å². The molecular formula is C18H25ClN4O2. The number of benzene rings is 1. The van der Waals surface area contributed by atoms with Gasteiger partial charge in [-0.2, -0.15) is 5.10 Å². The van der Waals surface area contributed by atoms with Gasteiger partial charge < -0.3 is 15.4 Å². The molecule has 3 N–H and O–H groups in total. The lowest BCUT2D eigenvalue weighted by molar-refractivity contribution is 0.0919. The highest BCUT2D eigenvalue weighted by atomic mass is 35.5. The molecule has 1 aromatic carbocycles. The Bertz CT molecular complexity index is 717. The van der Waals surface area contributed by atoms with Crippen molar-refractivity contribution in [3.05, 3.63) is 46.8 Å². The van der Waals surface area contributed by atoms with E-state index in [0.29, 0.717) is 18.8 Å². The van der Waals surface area contributed by atoms with Gasteiger partial charge >= 0.3 is 0 Å². The molecule has 1 amide bonds. The summed E-state index contributed by atoms with van der Waals surface area (Å²) in [5, 5.41) is 13.4. The molecule has 2 heterocycles. The van der Waals surface area contributed by atoms with E-state index < -0.39 is 0 Å². The predicted molar refractivity (Wildman–Crippen MR) is 99.5 cm³/mol. The zero-order valence-electron chi connectivity index (χ0n) is 14.6. The van der Waals surface area contributed by atoms with Crippen LogP contribution < -0.4 is 15.4 Å². The number of aromatic amines is 1. The number of aryl methyl sites for hydroxylation is 1. The molecule has 2 aromatic rings. The van der Waals surface area contributed by atoms with Gasteiger partial charge in [-0.05, 0) is 25.0 Å². The van der Waals surface area contributed by atoms with Crippen LogP contribution in [0.5, 0.6) is 5.75 Å². The van der Waals surface area contributed by atoms with E-state index in [1.165, 1.54) is 0 Å². The van der Waals surface area contributed by atoms with Crippen LogP contribution in [-0.4, -0.2) is 35.3 Å². The predicted octanol–water partition coefficient (Wildman–Crippen LogP) is 2.37. The fraction of sp³-hybridized carbons (Fsp3) is 0.444. The van der Waals surface area contributed by atoms with Crippen molar-refractivity contribution in [3.8, 4) is 5.75 Å². The summed E-state index contributed by atoms with van der Waals surface area (Å²) < 4.78 is 6.02. The maximum absolute atomic E-state index is 12.4. The highest BCUT2D eigenvalue weighted by molar-refractivity contribution is 5.94. The first-order valence-corrected chi connectivity index (χ1v) is 8.46. The highest BCUT2D eigenvalue weighted by Gasteiger charge is 2.22. The first-order chi connectivity index (χ1) is 11.7. The molecule has 1 aliphatic heterocycles. The van der Waals surface area contributed by atoms with Gasteiger partial charge in [0, 0.05) is 30.8 Å². The fourth-order valence-corrected chi connectivity index (χ4v) is 2.84. The van der Waals surface area contributed by atoms with Crippen molar-refractivity contribution in [1.82, 2.24) is 20.8 Å². The van der Waals surface area contributed by atoms with Crippen LogP contribution in [0.4, 0.5) is 0 Å². The van der Waals surface area contributed by atoms with Gasteiger partial charge in [0.05, 0.1) is 6.54 Å². The first-order valence-electron chi connectivity index (χ1n) is 8.46. The van der Waals surface area contributed by atoms with Crippen molar-refractivity contribution in [2.24, 2.45) is 0 Å². The van der Waals surface area contributed by atoms with E-state index >= 15 is 0 Å². The van der Waals surface area contributed by atoms with Crippen LogP contribution in [-0.2, 0) is 13.0 Å². The zero-order valence-corrected chi connectivity index (χ0v) is 15.4. The Labute approximate surface area is 154 Å². The van der Waals surface area contributed by atoms with Gasteiger partial charge in [-0.25, -0.2) is 0 Å². The summed E-state index contributed by atoms with van der Waals surface area (Å²) in [6, 6.07) is 7.91. The fourth-order valence-electron chi connectivity index (χ4n) is 2.84. The van der Waals surface area contributed by atoms with Gasteiger partial charge in [-0.15, -0.1) is 12.4 Å². The number of hydrogen-bond acceptors (Lipinski definition) is 4. The average Bonchev–Trinajstić information content (AvgIpc) is 3.04. The Morgan fingerprint density at radius 3 is 2.96 bits per heavy atom. The van der Waals surface area contributed by atoms with Gasteiger partial charge in [-0.3, -0.25) is 9.89 Å². The van der Waals surface area contributed by atoms with E-state index in [1.807, 2.05) is 31.2 Å². The molecule has 1 aromatic heterocycles. The van der Waals surface area contributed by atoms with Crippen molar-refractivity contribution in [3.63, 3.8) is 0 Å². The number of amides is 1. The van der Waals surface area contributed by atoms with Crippen LogP contribution in [0, 0.1) is 6.92 Å². The van der Waals surface area contributed by atoms with Crippen molar-refractivity contribution in [1.29, 1.82) is 0 Å². The molecule has 1 unspecified atom stereocenters. The number of nitrogens with one attached hydrogen (secondary N) is 3. The molecule has 0 aliphatic carbocycles. The summed E-state index contributed by atoms with van der Waals surface area (Å²) in [6.45, 7) is 6.13. The van der Waals surface area contributed by atoms with E-state index in [9.17, 15) is 4.79 Å². The van der Waals surface area contributed by atoms with Gasteiger partial charge in [-0.1, -0.05) is 25.1 Å². The normalized spacial score (nSPS) is 14.2. The molecule has 1 aliphatic rings. The molecule has 0 bridgehead atoms. The van der Waals surface area contributed by atoms with E-state index in [4.69, 9.17) is 4.74 Å². The number of hydrogen-bond donors (Lipinski definition) is 3. The Hall–Kier alpha value is -2.05. The average molecular weight is 365 g/mol. The minimum atomic E-state index is -0.150. The minimum absolute atomic E-state index is 0. The van der Waals surface area contributed by atoms with Crippen LogP contribution in [0.15, 0.2) is 24.3 Å². The molecule has 0 saturated carbocycles. The molecular weight excluding hydrogens is 340 g/mol. The Balaban J connectivity index is 0.00000225. The van der Waals surface area contributed by atoms with E-state index in [1.54, 1.807) is 0 Å². The number of ether oxygens (including phenoxy) is 1. The number of nitrogens with zero attached hydrogens (tertiary/aromatic N) is 1. The third-order valence-corrected chi connectivity index (χ3v) is 4.35. The third kappa shape index (κ3) is 4.52. The van der Waals surface area contributed by atoms with Crippen molar-refractivity contribution < 1.29 is 9.53 Å². The number of aromatic nitrogens is 2. The standard InChI is InChI=1S/C18H24N4O2.ClH/c1-3-13(24-16-7-5-4-6-12(16)2)10-20-18(23)17-14-11-19-9-8-15(14)21-22-17;/h4-7,13,19H,3,8-11H2,1-2H3,(H,20,23)(H,21,22);1H. The Morgan fingerprint density at radius 2 is 2.20 bits per heavy atom. The smallest absolute Gasteiger partial charge is 0.272 e. The Morgan fingerprint density at radius 1 is 1.40 bits per heavy atom. The number of para-hydroxylation sites is 1. The second-order valence-electron chi connectivity index (χ2n) is 6.08. The number of carbonyl (C=O) groups excluding carboxylic acids is 1. The summed E-state index contributed by atoms with van der Waals surface area (Å²) in [7, 11) is 0. The monoisotopic (exact) mass is 364 g/mol. The number of rotatable bonds is 6. The third-order valence-electron chi connectivity index (χ3n) is 4.35. The molecule has 6 nitrogen and oxygen atoms in total. The lowest BCUT2D eigenvalue weighted by atomic mass is 10.1. The largest absolute Gasteiger partial charge is 0.488 e. The first kappa shape index (κ1) is 19.3. The maximum Gasteiger partial charge on any atom is 0.272 e. The summed E-state index contributed by atoms with van der Waals surface area (Å²) in [4.78, 5) is 12.4. The number of carbonyl (C=O) groups is 1. The summed E-state index contributed by atoms with van der Waals surface area (Å²) >= 11 is 0. The second kappa shape index (κ2) is 8.87. The molecule has 0 spiro atoms. The quantitative estimate of drug-likeness (QED) is 0.735. The molecule has 7 heteroatoms. The zero-order chi connectivity index (χ0) is 16.9. The Kier molecular flexibility index (Phi) is 6.84. The van der Waals surface area contributed by atoms with Crippen LogP contribution in [0.1, 0.15) is 40.7 Å². The molecule has 25 heavy (non-hydrogen) atoms. The molecule has 3 rings (SSSR count). The molecule has 0 radical (unpaired) electrons. The summed E-state index contributed by atoms with van der Waals surface area (Å²) in [5.74, 6) is 0.711. The topological polar surface area (TPSA) is 79.0 Å². The van der Waals surface area contributed by atoms with E-state index in [0.717, 1.165) is 42.0 Å². The summed E-state index contributed by atoms with van der Waals surface area (Å²) in [5.41, 5.74) is 3.62. The lowest BCUT2D eigenvalue weighted by Gasteiger charge is -2.19. The van der Waals surface area contributed by atoms with E-state index in [-0.39, 0.29) is 24.4 Å². The lowest BCUT2D eigenvalue weighted by Crippen LogP contribution is -2.36. The minimum Gasteiger partial charge on any atom is -0.488 e. The van der Waals surface area contributed by atoms with Gasteiger partial charge in [0.1, 0.15) is 11.9 Å². The molecule has 136 valence electrons. The van der Waals surface area contributed by atoms with E-state index in [2.05, 4.69) is 27.8 Å². The summed E-state index contributed by atoms with van der Waals surface area (Å²) in [6.07, 6.45) is 1.63. The molecule has 0 saturated heterocycles. The van der Waals surface area contributed by atoms with Crippen LogP contribution >= 0.6 is 12.4 Å². The van der Waals surface area contributed by atoms with Crippen LogP contribution in [0.25, 0.3) is 0 Å². The van der Waals surface area contributed by atoms with Crippen molar-refractivity contribution in [2.45, 2.75) is 39.3 Å². The van der Waals surface area contributed by atoms with Gasteiger partial charge in [0.2, 0.25) is 0 Å². The molecule has 1 atom stereocenters. The molecule has 0 fully saturated rings. The van der Waals surface area contributed by atoms with Crippen molar-refractivity contribution in [2.75, 3.05) is 13.1 Å². The second-order valence-corrected chi connectivity index (χ2v) is 6.08. The van der Waals surface area contributed by atoms with Crippen LogP contribution in [0.2, 0.25) is 0 Å². The SMILES string of the molecule is CCC(CNC(=O)c1n[nH]c2c1CNCC2)Oc1ccccc1C.Cl. The number of fused-ring (bicyclic) bond motifs is 1. The highest BCUT2D eigenvalue weighted by Crippen LogP contribution is 2.19. The van der Waals surface area contributed by atoms with Gasteiger partial charge in [0.15, 0.2) is 5.69 Å².